The fraction of sp³-hybridized carbons (Fsp3) is 0.333. The molecular weight excluding hydrogens is 252 g/mol. The number of hydrogen-bond acceptors (Lipinski definition) is 0. The van der Waals surface area contributed by atoms with E-state index < -0.39 is 0 Å². The lowest BCUT2D eigenvalue weighted by molar-refractivity contribution is 0.513. The van der Waals surface area contributed by atoms with E-state index in [-0.39, 0.29) is 0 Å². The summed E-state index contributed by atoms with van der Waals surface area (Å²) in [6, 6.07) is 21.3. The summed E-state index contributed by atoms with van der Waals surface area (Å²) in [6.45, 7) is 0. The average Bonchev–Trinajstić information content (AvgIpc) is 2.48. The summed E-state index contributed by atoms with van der Waals surface area (Å²) in [5, 5.41) is 0. The maximum atomic E-state index is 6.10. The highest BCUT2D eigenvalue weighted by molar-refractivity contribution is 6.18. The fourth-order valence-electron chi connectivity index (χ4n) is 2.42. The minimum absolute atomic E-state index is 0.591. The third kappa shape index (κ3) is 5.08. The SMILES string of the molecule is ClCC(CCCc1ccccc1)Cc1ccccc1. The first-order valence-electron chi connectivity index (χ1n) is 7.02. The van der Waals surface area contributed by atoms with Crippen LogP contribution in [0.25, 0.3) is 0 Å². The lowest BCUT2D eigenvalue weighted by atomic mass is 9.94. The Morgan fingerprint density at radius 1 is 0.789 bits per heavy atom. The van der Waals surface area contributed by atoms with Crippen LogP contribution in [0.15, 0.2) is 60.7 Å². The molecule has 2 rings (SSSR count). The number of benzene rings is 2. The van der Waals surface area contributed by atoms with Crippen LogP contribution in [0.3, 0.4) is 0 Å². The monoisotopic (exact) mass is 272 g/mol. The lowest BCUT2D eigenvalue weighted by Gasteiger charge is -2.13. The zero-order valence-corrected chi connectivity index (χ0v) is 12.0. The molecule has 0 spiro atoms. The highest BCUT2D eigenvalue weighted by atomic mass is 35.5. The van der Waals surface area contributed by atoms with E-state index in [1.807, 2.05) is 0 Å². The summed E-state index contributed by atoms with van der Waals surface area (Å²) in [6.07, 6.45) is 4.67. The molecule has 0 amide bonds. The Labute approximate surface area is 121 Å². The third-order valence-corrected chi connectivity index (χ3v) is 3.94. The molecule has 0 heterocycles. The number of hydrogen-bond donors (Lipinski definition) is 0. The van der Waals surface area contributed by atoms with Crippen LogP contribution in [0, 0.1) is 5.92 Å². The van der Waals surface area contributed by atoms with Crippen molar-refractivity contribution in [2.45, 2.75) is 25.7 Å². The van der Waals surface area contributed by atoms with Crippen molar-refractivity contribution < 1.29 is 0 Å². The molecule has 2 aromatic rings. The van der Waals surface area contributed by atoms with Crippen LogP contribution in [0.5, 0.6) is 0 Å². The first kappa shape index (κ1) is 14.1. The molecule has 0 nitrogen and oxygen atoms in total. The van der Waals surface area contributed by atoms with Crippen LogP contribution < -0.4 is 0 Å². The first-order valence-corrected chi connectivity index (χ1v) is 7.56. The summed E-state index contributed by atoms with van der Waals surface area (Å²) >= 11 is 6.10. The number of alkyl halides is 1. The van der Waals surface area contributed by atoms with E-state index in [2.05, 4.69) is 60.7 Å². The van der Waals surface area contributed by atoms with Gasteiger partial charge in [0.25, 0.3) is 0 Å². The Morgan fingerprint density at radius 3 is 1.95 bits per heavy atom. The zero-order chi connectivity index (χ0) is 13.3. The molecule has 0 aliphatic carbocycles. The second-order valence-electron chi connectivity index (χ2n) is 5.09. The molecule has 0 fully saturated rings. The Morgan fingerprint density at radius 2 is 1.37 bits per heavy atom. The number of halogens is 1. The van der Waals surface area contributed by atoms with E-state index in [0.29, 0.717) is 5.92 Å². The van der Waals surface area contributed by atoms with Crippen molar-refractivity contribution in [1.82, 2.24) is 0 Å². The Kier molecular flexibility index (Phi) is 5.97. The maximum Gasteiger partial charge on any atom is 0.0254 e. The highest BCUT2D eigenvalue weighted by Gasteiger charge is 2.08. The molecule has 0 aliphatic heterocycles. The lowest BCUT2D eigenvalue weighted by Crippen LogP contribution is -2.07. The molecule has 0 aliphatic rings. The predicted octanol–water partition coefficient (Wildman–Crippen LogP) is 5.11. The minimum atomic E-state index is 0.591. The summed E-state index contributed by atoms with van der Waals surface area (Å²) < 4.78 is 0. The molecule has 100 valence electrons. The highest BCUT2D eigenvalue weighted by Crippen LogP contribution is 2.17. The van der Waals surface area contributed by atoms with Crippen LogP contribution in [0.4, 0.5) is 0 Å². The molecule has 0 aromatic heterocycles. The quantitative estimate of drug-likeness (QED) is 0.615. The van der Waals surface area contributed by atoms with E-state index in [4.69, 9.17) is 11.6 Å². The van der Waals surface area contributed by atoms with Crippen LogP contribution in [0.2, 0.25) is 0 Å². The second kappa shape index (κ2) is 8.01. The van der Waals surface area contributed by atoms with Gasteiger partial charge < -0.3 is 0 Å². The van der Waals surface area contributed by atoms with E-state index >= 15 is 0 Å². The topological polar surface area (TPSA) is 0 Å². The molecule has 0 saturated carbocycles. The van der Waals surface area contributed by atoms with Gasteiger partial charge in [0, 0.05) is 5.88 Å². The number of aryl methyl sites for hydroxylation is 1. The standard InChI is InChI=1S/C18H21Cl/c19-15-18(14-17-10-5-2-6-11-17)13-7-12-16-8-3-1-4-9-16/h1-6,8-11,18H,7,12-15H2. The zero-order valence-electron chi connectivity index (χ0n) is 11.3. The van der Waals surface area contributed by atoms with Crippen molar-refractivity contribution in [3.05, 3.63) is 71.8 Å². The largest absolute Gasteiger partial charge is 0.126 e. The first-order chi connectivity index (χ1) is 9.38. The Hall–Kier alpha value is -1.27. The molecule has 1 unspecified atom stereocenters. The van der Waals surface area contributed by atoms with Crippen molar-refractivity contribution in [2.75, 3.05) is 5.88 Å². The van der Waals surface area contributed by atoms with Crippen molar-refractivity contribution >= 4 is 11.6 Å². The van der Waals surface area contributed by atoms with Gasteiger partial charge in [-0.05, 0) is 42.7 Å². The van der Waals surface area contributed by atoms with Crippen LogP contribution in [0.1, 0.15) is 24.0 Å². The molecule has 0 saturated heterocycles. The van der Waals surface area contributed by atoms with Crippen molar-refractivity contribution in [3.63, 3.8) is 0 Å². The van der Waals surface area contributed by atoms with Gasteiger partial charge in [-0.25, -0.2) is 0 Å². The summed E-state index contributed by atoms with van der Waals surface area (Å²) in [7, 11) is 0. The fourth-order valence-corrected chi connectivity index (χ4v) is 2.68. The molecule has 1 atom stereocenters. The van der Waals surface area contributed by atoms with E-state index in [0.717, 1.165) is 18.7 Å². The van der Waals surface area contributed by atoms with Gasteiger partial charge in [0.05, 0.1) is 0 Å². The van der Waals surface area contributed by atoms with Gasteiger partial charge in [0.1, 0.15) is 0 Å². The van der Waals surface area contributed by atoms with Gasteiger partial charge in [0.15, 0.2) is 0 Å². The summed E-state index contributed by atoms with van der Waals surface area (Å²) in [4.78, 5) is 0. The Balaban J connectivity index is 1.77. The van der Waals surface area contributed by atoms with Crippen molar-refractivity contribution in [3.8, 4) is 0 Å². The normalized spacial score (nSPS) is 12.3. The van der Waals surface area contributed by atoms with E-state index in [1.54, 1.807) is 0 Å². The van der Waals surface area contributed by atoms with Gasteiger partial charge in [0.2, 0.25) is 0 Å². The average molecular weight is 273 g/mol. The van der Waals surface area contributed by atoms with Gasteiger partial charge in [-0.15, -0.1) is 11.6 Å². The number of rotatable bonds is 7. The predicted molar refractivity (Wildman–Crippen MR) is 83.7 cm³/mol. The minimum Gasteiger partial charge on any atom is -0.126 e. The Bertz CT molecular complexity index is 450. The van der Waals surface area contributed by atoms with Gasteiger partial charge in [-0.2, -0.15) is 0 Å². The van der Waals surface area contributed by atoms with Crippen LogP contribution in [-0.2, 0) is 12.8 Å². The maximum absolute atomic E-state index is 6.10. The van der Waals surface area contributed by atoms with Gasteiger partial charge in [-0.3, -0.25) is 0 Å². The van der Waals surface area contributed by atoms with Gasteiger partial charge in [-0.1, -0.05) is 60.7 Å². The molecule has 1 heteroatoms. The van der Waals surface area contributed by atoms with Crippen LogP contribution in [-0.4, -0.2) is 5.88 Å². The van der Waals surface area contributed by atoms with E-state index in [1.165, 1.54) is 24.0 Å². The second-order valence-corrected chi connectivity index (χ2v) is 5.40. The van der Waals surface area contributed by atoms with Crippen molar-refractivity contribution in [2.24, 2.45) is 5.92 Å². The molecule has 0 radical (unpaired) electrons. The summed E-state index contributed by atoms with van der Waals surface area (Å²) in [5.74, 6) is 1.34. The van der Waals surface area contributed by atoms with Crippen molar-refractivity contribution in [1.29, 1.82) is 0 Å². The molecule has 0 bridgehead atoms. The van der Waals surface area contributed by atoms with Gasteiger partial charge >= 0.3 is 0 Å². The smallest absolute Gasteiger partial charge is 0.0254 e. The molecule has 0 N–H and O–H groups in total. The molecule has 19 heavy (non-hydrogen) atoms. The molecular formula is C18H21Cl. The van der Waals surface area contributed by atoms with Crippen LogP contribution >= 0.6 is 11.6 Å². The third-order valence-electron chi connectivity index (χ3n) is 3.51. The molecule has 2 aromatic carbocycles. The van der Waals surface area contributed by atoms with E-state index in [9.17, 15) is 0 Å². The summed E-state index contributed by atoms with van der Waals surface area (Å²) in [5.41, 5.74) is 2.82.